The van der Waals surface area contributed by atoms with Crippen molar-refractivity contribution < 1.29 is 27.9 Å². The van der Waals surface area contributed by atoms with Gasteiger partial charge in [-0.2, -0.15) is 13.2 Å². The summed E-state index contributed by atoms with van der Waals surface area (Å²) in [7, 11) is 0. The Morgan fingerprint density at radius 1 is 1.35 bits per heavy atom. The van der Waals surface area contributed by atoms with E-state index in [0.29, 0.717) is 0 Å². The summed E-state index contributed by atoms with van der Waals surface area (Å²) >= 11 is 0. The maximum absolute atomic E-state index is 13.3. The quantitative estimate of drug-likeness (QED) is 0.384. The van der Waals surface area contributed by atoms with Gasteiger partial charge < -0.3 is 9.84 Å². The van der Waals surface area contributed by atoms with E-state index >= 15 is 0 Å². The van der Waals surface area contributed by atoms with Crippen molar-refractivity contribution in [2.75, 3.05) is 6.61 Å². The van der Waals surface area contributed by atoms with Crippen LogP contribution in [0.2, 0.25) is 0 Å². The highest BCUT2D eigenvalue weighted by atomic mass is 19.2. The fraction of sp³-hybridized carbons (Fsp3) is 0.111. The maximum Gasteiger partial charge on any atom is 0.352 e. The predicted octanol–water partition coefficient (Wildman–Crippen LogP) is 2.28. The molecule has 0 aliphatic carbocycles. The third kappa shape index (κ3) is 2.14. The Balaban J connectivity index is 3.46. The highest BCUT2D eigenvalue weighted by molar-refractivity contribution is 5.53. The first-order valence-electron chi connectivity index (χ1n) is 4.19. The minimum Gasteiger partial charge on any atom is -0.500 e. The number of halogens is 3. The molecule has 0 saturated carbocycles. The van der Waals surface area contributed by atoms with Gasteiger partial charge in [0.2, 0.25) is 23.2 Å². The molecule has 0 radical (unpaired) electrons. The van der Waals surface area contributed by atoms with E-state index in [1.165, 1.54) is 0 Å². The molecule has 0 aliphatic heterocycles. The Hall–Kier alpha value is -2.25. The Labute approximate surface area is 92.9 Å². The largest absolute Gasteiger partial charge is 0.500 e. The second-order valence-corrected chi connectivity index (χ2v) is 2.83. The van der Waals surface area contributed by atoms with Gasteiger partial charge in [0.05, 0.1) is 4.92 Å². The minimum atomic E-state index is -1.99. The molecular weight excluding hydrogens is 243 g/mol. The molecule has 0 spiro atoms. The van der Waals surface area contributed by atoms with Crippen LogP contribution in [-0.4, -0.2) is 16.6 Å². The summed E-state index contributed by atoms with van der Waals surface area (Å²) in [6, 6.07) is 0. The van der Waals surface area contributed by atoms with Gasteiger partial charge in [0.15, 0.2) is 5.75 Å². The van der Waals surface area contributed by atoms with E-state index in [4.69, 9.17) is 5.11 Å². The van der Waals surface area contributed by atoms with E-state index < -0.39 is 39.6 Å². The van der Waals surface area contributed by atoms with E-state index in [2.05, 4.69) is 11.3 Å². The lowest BCUT2D eigenvalue weighted by molar-refractivity contribution is -0.389. The van der Waals surface area contributed by atoms with E-state index in [0.717, 1.165) is 6.08 Å². The van der Waals surface area contributed by atoms with Crippen LogP contribution in [0, 0.1) is 27.6 Å². The summed E-state index contributed by atoms with van der Waals surface area (Å²) in [4.78, 5) is 8.85. The normalized spacial score (nSPS) is 10.1. The zero-order valence-electron chi connectivity index (χ0n) is 8.24. The van der Waals surface area contributed by atoms with E-state index in [1.54, 1.807) is 0 Å². The summed E-state index contributed by atoms with van der Waals surface area (Å²) in [5.74, 6) is -8.46. The number of hydrogen-bond donors (Lipinski definition) is 1. The number of hydrogen-bond acceptors (Lipinski definition) is 4. The molecule has 0 bridgehead atoms. The minimum absolute atomic E-state index is 0.357. The molecule has 0 aliphatic rings. The van der Waals surface area contributed by atoms with E-state index in [9.17, 15) is 23.3 Å². The van der Waals surface area contributed by atoms with Crippen molar-refractivity contribution in [3.05, 3.63) is 40.2 Å². The van der Waals surface area contributed by atoms with Gasteiger partial charge >= 0.3 is 5.69 Å². The number of benzene rings is 1. The standard InChI is InChI=1S/C9H6F3NO4/c1-2-3-17-9-5(11)4(10)7(13(15)16)8(14)6(9)12/h2,14H,1,3H2. The molecule has 0 unspecified atom stereocenters. The number of nitro benzene ring substituents is 1. The van der Waals surface area contributed by atoms with Crippen LogP contribution in [0.1, 0.15) is 0 Å². The molecule has 1 N–H and O–H groups in total. The molecule has 92 valence electrons. The SMILES string of the molecule is C=CCOc1c(F)c(O)c([N+](=O)[O-])c(F)c1F. The highest BCUT2D eigenvalue weighted by Gasteiger charge is 2.33. The van der Waals surface area contributed by atoms with Gasteiger partial charge in [-0.1, -0.05) is 12.7 Å². The smallest absolute Gasteiger partial charge is 0.352 e. The van der Waals surface area contributed by atoms with Crippen molar-refractivity contribution in [3.8, 4) is 11.5 Å². The molecule has 5 nitrogen and oxygen atoms in total. The first-order chi connectivity index (χ1) is 7.91. The van der Waals surface area contributed by atoms with Crippen LogP contribution in [-0.2, 0) is 0 Å². The third-order valence-electron chi connectivity index (χ3n) is 1.76. The summed E-state index contributed by atoms with van der Waals surface area (Å²) in [5, 5.41) is 19.3. The number of rotatable bonds is 4. The van der Waals surface area contributed by atoms with Crippen molar-refractivity contribution in [1.82, 2.24) is 0 Å². The van der Waals surface area contributed by atoms with Crippen LogP contribution in [0.5, 0.6) is 11.5 Å². The number of aromatic hydroxyl groups is 1. The van der Waals surface area contributed by atoms with Gasteiger partial charge in [0.25, 0.3) is 0 Å². The molecule has 0 amide bonds. The van der Waals surface area contributed by atoms with Crippen molar-refractivity contribution in [1.29, 1.82) is 0 Å². The molecule has 0 aromatic heterocycles. The van der Waals surface area contributed by atoms with Crippen LogP contribution in [0.4, 0.5) is 18.9 Å². The number of ether oxygens (including phenoxy) is 1. The average Bonchev–Trinajstić information content (AvgIpc) is 2.26. The van der Waals surface area contributed by atoms with Gasteiger partial charge in [0.1, 0.15) is 6.61 Å². The lowest BCUT2D eigenvalue weighted by Crippen LogP contribution is -2.05. The van der Waals surface area contributed by atoms with Gasteiger partial charge in [-0.15, -0.1) is 0 Å². The summed E-state index contributed by atoms with van der Waals surface area (Å²) < 4.78 is 44.0. The van der Waals surface area contributed by atoms with Crippen molar-refractivity contribution in [2.45, 2.75) is 0 Å². The van der Waals surface area contributed by atoms with Crippen molar-refractivity contribution in [3.63, 3.8) is 0 Å². The predicted molar refractivity (Wildman–Crippen MR) is 50.3 cm³/mol. The van der Waals surface area contributed by atoms with Crippen molar-refractivity contribution in [2.24, 2.45) is 0 Å². The van der Waals surface area contributed by atoms with E-state index in [-0.39, 0.29) is 6.61 Å². The Morgan fingerprint density at radius 3 is 2.41 bits per heavy atom. The Kier molecular flexibility index (Phi) is 3.56. The maximum atomic E-state index is 13.3. The number of nitrogens with zero attached hydrogens (tertiary/aromatic N) is 1. The first-order valence-corrected chi connectivity index (χ1v) is 4.19. The van der Waals surface area contributed by atoms with Gasteiger partial charge in [-0.3, -0.25) is 10.1 Å². The Morgan fingerprint density at radius 2 is 1.94 bits per heavy atom. The van der Waals surface area contributed by atoms with Crippen LogP contribution in [0.15, 0.2) is 12.7 Å². The molecule has 17 heavy (non-hydrogen) atoms. The van der Waals surface area contributed by atoms with Crippen LogP contribution in [0.25, 0.3) is 0 Å². The zero-order valence-corrected chi connectivity index (χ0v) is 8.24. The molecule has 0 fully saturated rings. The molecule has 1 rings (SSSR count). The fourth-order valence-corrected chi connectivity index (χ4v) is 1.05. The Bertz CT molecular complexity index is 461. The first kappa shape index (κ1) is 12.8. The molecule has 1 aromatic carbocycles. The lowest BCUT2D eigenvalue weighted by atomic mass is 10.2. The molecule has 0 saturated heterocycles. The van der Waals surface area contributed by atoms with Gasteiger partial charge in [0, 0.05) is 0 Å². The molecule has 8 heteroatoms. The van der Waals surface area contributed by atoms with Crippen molar-refractivity contribution >= 4 is 5.69 Å². The number of phenolic OH excluding ortho intramolecular Hbond substituents is 1. The van der Waals surface area contributed by atoms with Gasteiger partial charge in [-0.25, -0.2) is 0 Å². The van der Waals surface area contributed by atoms with Crippen LogP contribution >= 0.6 is 0 Å². The third-order valence-corrected chi connectivity index (χ3v) is 1.76. The fourth-order valence-electron chi connectivity index (χ4n) is 1.05. The molecular formula is C9H6F3NO4. The molecule has 1 aromatic rings. The van der Waals surface area contributed by atoms with Gasteiger partial charge in [-0.05, 0) is 0 Å². The monoisotopic (exact) mass is 249 g/mol. The second kappa shape index (κ2) is 4.73. The van der Waals surface area contributed by atoms with Crippen LogP contribution in [0.3, 0.4) is 0 Å². The van der Waals surface area contributed by atoms with Crippen LogP contribution < -0.4 is 4.74 Å². The number of phenols is 1. The van der Waals surface area contributed by atoms with E-state index in [1.807, 2.05) is 0 Å². The summed E-state index contributed by atoms with van der Waals surface area (Å²) in [5.41, 5.74) is -1.68. The second-order valence-electron chi connectivity index (χ2n) is 2.83. The topological polar surface area (TPSA) is 72.6 Å². The molecule has 0 heterocycles. The number of nitro groups is 1. The molecule has 0 atom stereocenters. The lowest BCUT2D eigenvalue weighted by Gasteiger charge is -2.08. The summed E-state index contributed by atoms with van der Waals surface area (Å²) in [6.07, 6.45) is 1.12. The highest BCUT2D eigenvalue weighted by Crippen LogP contribution is 2.39. The zero-order chi connectivity index (χ0) is 13.2. The summed E-state index contributed by atoms with van der Waals surface area (Å²) in [6.45, 7) is 2.83. The average molecular weight is 249 g/mol.